The maximum Gasteiger partial charge on any atom is 0.240 e. The second kappa shape index (κ2) is 9.29. The van der Waals surface area contributed by atoms with Gasteiger partial charge in [0.2, 0.25) is 5.91 Å². The summed E-state index contributed by atoms with van der Waals surface area (Å²) in [5.41, 5.74) is 11.7. The van der Waals surface area contributed by atoms with Gasteiger partial charge in [-0.25, -0.2) is 0 Å². The Morgan fingerprint density at radius 1 is 1.14 bits per heavy atom. The van der Waals surface area contributed by atoms with Crippen molar-refractivity contribution in [2.75, 3.05) is 12.3 Å². The largest absolute Gasteiger partial charge is 0.398 e. The molecule has 0 bridgehead atoms. The Labute approximate surface area is 212 Å². The van der Waals surface area contributed by atoms with Crippen molar-refractivity contribution in [1.29, 1.82) is 0 Å². The van der Waals surface area contributed by atoms with Crippen LogP contribution in [0.4, 0.5) is 5.69 Å². The van der Waals surface area contributed by atoms with E-state index in [1.807, 2.05) is 47.4 Å². The first-order valence-electron chi connectivity index (χ1n) is 12.0. The lowest BCUT2D eigenvalue weighted by atomic mass is 10.1. The predicted molar refractivity (Wildman–Crippen MR) is 141 cm³/mol. The molecule has 6 rings (SSSR count). The fourth-order valence-corrected chi connectivity index (χ4v) is 5.22. The van der Waals surface area contributed by atoms with Crippen molar-refractivity contribution >= 4 is 45.0 Å². The lowest BCUT2D eigenvalue weighted by Gasteiger charge is -2.22. The van der Waals surface area contributed by atoms with Crippen molar-refractivity contribution in [3.8, 4) is 0 Å². The number of likely N-dealkylation sites (tertiary alicyclic amines) is 1. The minimum Gasteiger partial charge on any atom is -0.398 e. The summed E-state index contributed by atoms with van der Waals surface area (Å²) in [4.78, 5) is 23.1. The van der Waals surface area contributed by atoms with E-state index in [1.54, 1.807) is 18.5 Å². The van der Waals surface area contributed by atoms with Gasteiger partial charge < -0.3 is 15.6 Å². The summed E-state index contributed by atoms with van der Waals surface area (Å²) < 4.78 is 0. The van der Waals surface area contributed by atoms with Crippen LogP contribution in [0.3, 0.4) is 0 Å². The van der Waals surface area contributed by atoms with Crippen LogP contribution in [0, 0.1) is 0 Å². The Balaban J connectivity index is 1.18. The average Bonchev–Trinajstić information content (AvgIpc) is 3.61. The number of hydrogen-bond donors (Lipinski definition) is 4. The van der Waals surface area contributed by atoms with E-state index in [0.717, 1.165) is 45.2 Å². The molecule has 0 aliphatic carbocycles. The number of amides is 1. The molecule has 36 heavy (non-hydrogen) atoms. The van der Waals surface area contributed by atoms with Gasteiger partial charge in [0.1, 0.15) is 0 Å². The van der Waals surface area contributed by atoms with E-state index in [0.29, 0.717) is 30.2 Å². The molecule has 0 radical (unpaired) electrons. The van der Waals surface area contributed by atoms with Gasteiger partial charge in [-0.1, -0.05) is 23.7 Å². The molecule has 4 heterocycles. The number of halogens is 1. The van der Waals surface area contributed by atoms with Crippen molar-refractivity contribution in [3.63, 3.8) is 0 Å². The highest BCUT2D eigenvalue weighted by molar-refractivity contribution is 6.31. The number of anilines is 1. The molecule has 1 unspecified atom stereocenters. The van der Waals surface area contributed by atoms with Crippen LogP contribution in [0.15, 0.2) is 67.0 Å². The number of H-pyrrole nitrogens is 2. The number of hydrogen-bond acceptors (Lipinski definition) is 5. The smallest absolute Gasteiger partial charge is 0.240 e. The molecular weight excluding hydrogens is 474 g/mol. The molecular formula is C27H26ClN7O. The Morgan fingerprint density at radius 2 is 2.06 bits per heavy atom. The number of fused-ring (bicyclic) bond motifs is 2. The van der Waals surface area contributed by atoms with Crippen LogP contribution in [0.25, 0.3) is 21.8 Å². The third kappa shape index (κ3) is 4.41. The molecule has 1 fully saturated rings. The Kier molecular flexibility index (Phi) is 5.83. The average molecular weight is 500 g/mol. The highest BCUT2D eigenvalue weighted by Crippen LogP contribution is 2.26. The Hall–Kier alpha value is -3.88. The molecule has 5 N–H and O–H groups in total. The highest BCUT2D eigenvalue weighted by Gasteiger charge is 2.33. The van der Waals surface area contributed by atoms with Gasteiger partial charge in [0.25, 0.3) is 0 Å². The van der Waals surface area contributed by atoms with Gasteiger partial charge in [-0.15, -0.1) is 0 Å². The summed E-state index contributed by atoms with van der Waals surface area (Å²) in [5, 5.41) is 13.5. The fraction of sp³-hybridized carbons (Fsp3) is 0.222. The number of rotatable bonds is 7. The van der Waals surface area contributed by atoms with Crippen molar-refractivity contribution in [2.24, 2.45) is 0 Å². The van der Waals surface area contributed by atoms with E-state index in [1.165, 1.54) is 0 Å². The highest BCUT2D eigenvalue weighted by atomic mass is 35.5. The van der Waals surface area contributed by atoms with E-state index < -0.39 is 0 Å². The number of nitrogens with two attached hydrogens (primary N) is 1. The maximum absolute atomic E-state index is 13.3. The summed E-state index contributed by atoms with van der Waals surface area (Å²) in [7, 11) is 0. The summed E-state index contributed by atoms with van der Waals surface area (Å²) in [6, 6.07) is 17.3. The molecule has 2 atom stereocenters. The second-order valence-electron chi connectivity index (χ2n) is 9.31. The second-order valence-corrected chi connectivity index (χ2v) is 9.75. The molecule has 2 aromatic carbocycles. The molecule has 8 nitrogen and oxygen atoms in total. The monoisotopic (exact) mass is 499 g/mol. The third-order valence-corrected chi connectivity index (χ3v) is 7.11. The first-order chi connectivity index (χ1) is 17.5. The van der Waals surface area contributed by atoms with Gasteiger partial charge in [0.15, 0.2) is 0 Å². The van der Waals surface area contributed by atoms with Crippen molar-refractivity contribution < 1.29 is 4.79 Å². The molecule has 1 aliphatic heterocycles. The molecule has 5 aromatic rings. The van der Waals surface area contributed by atoms with Gasteiger partial charge in [-0.2, -0.15) is 5.10 Å². The number of nitrogens with zero attached hydrogens (tertiary/aromatic N) is 3. The fourth-order valence-electron chi connectivity index (χ4n) is 5.04. The molecule has 0 saturated carbocycles. The summed E-state index contributed by atoms with van der Waals surface area (Å²) >= 11 is 6.16. The number of pyridine rings is 1. The standard InChI is InChI=1S/C27H26ClN7O/c28-18-2-4-22-17(12-18)13-19(32-22)14-26(23-6-9-31-34-23)33-24-7-10-35(27(24)36)15-16-1-3-20-21(29)5-8-30-25(20)11-16/h1-6,8-9,11-13,24,26,32-33H,7,10,14-15H2,(H2,29,30)(H,31,34)/t24-,26?/m1/s1. The predicted octanol–water partition coefficient (Wildman–Crippen LogP) is 4.35. The number of aromatic nitrogens is 4. The zero-order valence-electron chi connectivity index (χ0n) is 19.5. The van der Waals surface area contributed by atoms with Crippen LogP contribution < -0.4 is 11.1 Å². The van der Waals surface area contributed by atoms with Gasteiger partial charge in [-0.3, -0.25) is 20.2 Å². The van der Waals surface area contributed by atoms with Gasteiger partial charge in [0, 0.05) is 64.6 Å². The molecule has 3 aromatic heterocycles. The third-order valence-electron chi connectivity index (χ3n) is 6.87. The Morgan fingerprint density at radius 3 is 2.92 bits per heavy atom. The number of carbonyl (C=O) groups excluding carboxylic acids is 1. The number of nitrogens with one attached hydrogen (secondary N) is 3. The molecule has 1 amide bonds. The van der Waals surface area contributed by atoms with Crippen LogP contribution in [-0.2, 0) is 17.8 Å². The zero-order valence-corrected chi connectivity index (χ0v) is 20.3. The Bertz CT molecular complexity index is 1540. The van der Waals surface area contributed by atoms with E-state index in [2.05, 4.69) is 31.5 Å². The number of benzene rings is 2. The topological polar surface area (TPSA) is 116 Å². The summed E-state index contributed by atoms with van der Waals surface area (Å²) in [6.45, 7) is 1.24. The molecule has 182 valence electrons. The van der Waals surface area contributed by atoms with E-state index in [-0.39, 0.29) is 18.0 Å². The van der Waals surface area contributed by atoms with E-state index in [9.17, 15) is 4.79 Å². The molecule has 1 saturated heterocycles. The van der Waals surface area contributed by atoms with Gasteiger partial charge >= 0.3 is 0 Å². The van der Waals surface area contributed by atoms with Crippen molar-refractivity contribution in [3.05, 3.63) is 89.0 Å². The van der Waals surface area contributed by atoms with Crippen molar-refractivity contribution in [2.45, 2.75) is 31.5 Å². The quantitative estimate of drug-likeness (QED) is 0.266. The molecule has 0 spiro atoms. The number of aromatic amines is 2. The summed E-state index contributed by atoms with van der Waals surface area (Å²) in [6.07, 6.45) is 4.86. The number of nitrogen functional groups attached to an aromatic ring is 1. The van der Waals surface area contributed by atoms with Crippen LogP contribution in [0.1, 0.15) is 29.4 Å². The van der Waals surface area contributed by atoms with Crippen LogP contribution >= 0.6 is 11.6 Å². The minimum absolute atomic E-state index is 0.0993. The first-order valence-corrected chi connectivity index (χ1v) is 12.4. The SMILES string of the molecule is Nc1ccnc2cc(CN3CC[C@@H](NC(Cc4cc5cc(Cl)ccc5[nH]4)c4ccn[nH]4)C3=O)ccc12. The van der Waals surface area contributed by atoms with Gasteiger partial charge in [0.05, 0.1) is 23.3 Å². The lowest BCUT2D eigenvalue weighted by Crippen LogP contribution is -2.40. The van der Waals surface area contributed by atoms with Gasteiger partial charge in [-0.05, 0) is 54.4 Å². The molecule has 1 aliphatic rings. The normalized spacial score (nSPS) is 16.9. The lowest BCUT2D eigenvalue weighted by molar-refractivity contribution is -0.130. The van der Waals surface area contributed by atoms with Crippen LogP contribution in [0.5, 0.6) is 0 Å². The van der Waals surface area contributed by atoms with Crippen LogP contribution in [-0.4, -0.2) is 43.6 Å². The maximum atomic E-state index is 13.3. The molecule has 9 heteroatoms. The summed E-state index contributed by atoms with van der Waals surface area (Å²) in [5.74, 6) is 0.101. The van der Waals surface area contributed by atoms with Crippen LogP contribution in [0.2, 0.25) is 5.02 Å². The van der Waals surface area contributed by atoms with E-state index >= 15 is 0 Å². The zero-order chi connectivity index (χ0) is 24.6. The first kappa shape index (κ1) is 22.6. The minimum atomic E-state index is -0.272. The van der Waals surface area contributed by atoms with E-state index in [4.69, 9.17) is 17.3 Å². The number of carbonyl (C=O) groups is 1. The van der Waals surface area contributed by atoms with Crippen molar-refractivity contribution in [1.82, 2.24) is 30.4 Å².